The van der Waals surface area contributed by atoms with Gasteiger partial charge in [0.15, 0.2) is 5.82 Å². The van der Waals surface area contributed by atoms with E-state index in [1.54, 1.807) is 0 Å². The molecule has 0 radical (unpaired) electrons. The zero-order valence-electron chi connectivity index (χ0n) is 13.2. The number of carbonyl (C=O) groups is 1. The molecule has 1 amide bonds. The van der Waals surface area contributed by atoms with Crippen molar-refractivity contribution in [2.45, 2.75) is 26.2 Å². The van der Waals surface area contributed by atoms with Crippen molar-refractivity contribution < 1.29 is 4.79 Å². The highest BCUT2D eigenvalue weighted by Gasteiger charge is 2.57. The Morgan fingerprint density at radius 1 is 1.35 bits per heavy atom. The van der Waals surface area contributed by atoms with Crippen molar-refractivity contribution in [1.82, 2.24) is 20.5 Å². The number of nitrogens with one attached hydrogen (secondary N) is 3. The lowest BCUT2D eigenvalue weighted by molar-refractivity contribution is -0.118. The standard InChI is InChI=1S/C17H21N5O/c1-11-19-15(22-21-11)12-3-2-4-13(9-12)20-16(23)14-10-17(14)5-7-18-8-6-17/h2-4,9,14,18H,5-8,10H2,1H3,(H,20,23)(H,19,21,22). The highest BCUT2D eigenvalue weighted by molar-refractivity contribution is 5.95. The van der Waals surface area contributed by atoms with Gasteiger partial charge in [-0.05, 0) is 56.8 Å². The number of hydrogen-bond donors (Lipinski definition) is 3. The summed E-state index contributed by atoms with van der Waals surface area (Å²) < 4.78 is 0. The summed E-state index contributed by atoms with van der Waals surface area (Å²) in [5.74, 6) is 1.74. The van der Waals surface area contributed by atoms with E-state index in [1.165, 1.54) is 0 Å². The van der Waals surface area contributed by atoms with Gasteiger partial charge < -0.3 is 10.6 Å². The maximum atomic E-state index is 12.5. The Morgan fingerprint density at radius 3 is 2.91 bits per heavy atom. The van der Waals surface area contributed by atoms with Crippen LogP contribution < -0.4 is 10.6 Å². The monoisotopic (exact) mass is 311 g/mol. The van der Waals surface area contributed by atoms with Gasteiger partial charge in [0.25, 0.3) is 0 Å². The highest BCUT2D eigenvalue weighted by Crippen LogP contribution is 2.58. The number of nitrogens with zero attached hydrogens (tertiary/aromatic N) is 2. The van der Waals surface area contributed by atoms with E-state index in [1.807, 2.05) is 31.2 Å². The van der Waals surface area contributed by atoms with Crippen LogP contribution in [0.15, 0.2) is 24.3 Å². The van der Waals surface area contributed by atoms with Gasteiger partial charge in [0.05, 0.1) is 0 Å². The molecule has 6 nitrogen and oxygen atoms in total. The van der Waals surface area contributed by atoms with E-state index in [-0.39, 0.29) is 17.2 Å². The van der Waals surface area contributed by atoms with E-state index in [0.717, 1.165) is 49.4 Å². The number of hydrogen-bond acceptors (Lipinski definition) is 4. The molecule has 1 aromatic heterocycles. The van der Waals surface area contributed by atoms with Crippen molar-refractivity contribution in [2.24, 2.45) is 11.3 Å². The number of aryl methyl sites for hydroxylation is 1. The SMILES string of the molecule is Cc1nc(-c2cccc(NC(=O)C3CC34CCNCC4)c2)n[nH]1. The third-order valence-corrected chi connectivity index (χ3v) is 5.09. The molecule has 1 saturated heterocycles. The first-order valence-corrected chi connectivity index (χ1v) is 8.17. The van der Waals surface area contributed by atoms with E-state index >= 15 is 0 Å². The molecule has 4 rings (SSSR count). The van der Waals surface area contributed by atoms with E-state index in [2.05, 4.69) is 25.8 Å². The predicted octanol–water partition coefficient (Wildman–Crippen LogP) is 2.11. The van der Waals surface area contributed by atoms with Crippen molar-refractivity contribution >= 4 is 11.6 Å². The van der Waals surface area contributed by atoms with Gasteiger partial charge in [-0.3, -0.25) is 9.89 Å². The number of amides is 1. The molecule has 3 N–H and O–H groups in total. The molecule has 1 unspecified atom stereocenters. The minimum absolute atomic E-state index is 0.148. The number of anilines is 1. The third-order valence-electron chi connectivity index (χ3n) is 5.09. The summed E-state index contributed by atoms with van der Waals surface area (Å²) in [6, 6.07) is 7.71. The Labute approximate surface area is 135 Å². The Balaban J connectivity index is 1.46. The zero-order valence-corrected chi connectivity index (χ0v) is 13.2. The second-order valence-electron chi connectivity index (χ2n) is 6.68. The topological polar surface area (TPSA) is 82.7 Å². The average molecular weight is 311 g/mol. The van der Waals surface area contributed by atoms with Crippen LogP contribution in [0.1, 0.15) is 25.1 Å². The summed E-state index contributed by atoms with van der Waals surface area (Å²) in [7, 11) is 0. The fourth-order valence-electron chi connectivity index (χ4n) is 3.63. The third kappa shape index (κ3) is 2.74. The van der Waals surface area contributed by atoms with Crippen molar-refractivity contribution in [3.63, 3.8) is 0 Å². The predicted molar refractivity (Wildman–Crippen MR) is 87.8 cm³/mol. The van der Waals surface area contributed by atoms with Gasteiger partial charge >= 0.3 is 0 Å². The van der Waals surface area contributed by atoms with Crippen LogP contribution in [-0.2, 0) is 4.79 Å². The Morgan fingerprint density at radius 2 is 2.17 bits per heavy atom. The molecule has 0 bridgehead atoms. The number of benzene rings is 1. The lowest BCUT2D eigenvalue weighted by atomic mass is 9.92. The summed E-state index contributed by atoms with van der Waals surface area (Å²) in [5, 5.41) is 13.4. The van der Waals surface area contributed by atoms with Crippen LogP contribution in [-0.4, -0.2) is 34.2 Å². The first-order valence-electron chi connectivity index (χ1n) is 8.17. The Hall–Kier alpha value is -2.21. The number of piperidine rings is 1. The van der Waals surface area contributed by atoms with Gasteiger partial charge in [0, 0.05) is 17.2 Å². The molecule has 1 aliphatic heterocycles. The van der Waals surface area contributed by atoms with Crippen molar-refractivity contribution in [3.8, 4) is 11.4 Å². The van der Waals surface area contributed by atoms with Crippen molar-refractivity contribution in [1.29, 1.82) is 0 Å². The summed E-state index contributed by atoms with van der Waals surface area (Å²) in [5.41, 5.74) is 1.97. The molecule has 6 heteroatoms. The van der Waals surface area contributed by atoms with E-state index in [0.29, 0.717) is 5.82 Å². The number of aromatic nitrogens is 3. The molecule has 23 heavy (non-hydrogen) atoms. The second-order valence-corrected chi connectivity index (χ2v) is 6.68. The summed E-state index contributed by atoms with van der Waals surface area (Å²) in [6.07, 6.45) is 3.25. The smallest absolute Gasteiger partial charge is 0.228 e. The van der Waals surface area contributed by atoms with Gasteiger partial charge in [0.1, 0.15) is 5.82 Å². The minimum atomic E-state index is 0.148. The van der Waals surface area contributed by atoms with Crippen LogP contribution in [0.2, 0.25) is 0 Å². The van der Waals surface area contributed by atoms with Crippen LogP contribution in [0.3, 0.4) is 0 Å². The molecular formula is C17H21N5O. The Kier molecular flexibility index (Phi) is 3.41. The molecule has 2 aromatic rings. The fourth-order valence-corrected chi connectivity index (χ4v) is 3.63. The van der Waals surface area contributed by atoms with Gasteiger partial charge in [-0.1, -0.05) is 12.1 Å². The second kappa shape index (κ2) is 5.45. The van der Waals surface area contributed by atoms with Crippen LogP contribution in [0, 0.1) is 18.3 Å². The average Bonchev–Trinajstić information content (AvgIpc) is 3.06. The minimum Gasteiger partial charge on any atom is -0.326 e. The zero-order chi connectivity index (χ0) is 15.9. The van der Waals surface area contributed by atoms with Crippen molar-refractivity contribution in [2.75, 3.05) is 18.4 Å². The highest BCUT2D eigenvalue weighted by atomic mass is 16.2. The lowest BCUT2D eigenvalue weighted by Gasteiger charge is -2.23. The number of rotatable bonds is 3. The largest absolute Gasteiger partial charge is 0.326 e. The maximum Gasteiger partial charge on any atom is 0.228 e. The van der Waals surface area contributed by atoms with Gasteiger partial charge in [-0.2, -0.15) is 5.10 Å². The quantitative estimate of drug-likeness (QED) is 0.811. The van der Waals surface area contributed by atoms with E-state index in [9.17, 15) is 4.79 Å². The Bertz CT molecular complexity index is 732. The normalized spacial score (nSPS) is 22.0. The van der Waals surface area contributed by atoms with Crippen LogP contribution >= 0.6 is 0 Å². The van der Waals surface area contributed by atoms with Gasteiger partial charge in [-0.15, -0.1) is 0 Å². The lowest BCUT2D eigenvalue weighted by Crippen LogP contribution is -2.31. The number of H-pyrrole nitrogens is 1. The fraction of sp³-hybridized carbons (Fsp3) is 0.471. The van der Waals surface area contributed by atoms with Crippen LogP contribution in [0.5, 0.6) is 0 Å². The van der Waals surface area contributed by atoms with Crippen LogP contribution in [0.25, 0.3) is 11.4 Å². The molecule has 1 aromatic carbocycles. The first-order chi connectivity index (χ1) is 11.2. The maximum absolute atomic E-state index is 12.5. The van der Waals surface area contributed by atoms with Crippen LogP contribution in [0.4, 0.5) is 5.69 Å². The molecule has 2 aliphatic rings. The summed E-state index contributed by atoms with van der Waals surface area (Å²) in [6.45, 7) is 3.93. The summed E-state index contributed by atoms with van der Waals surface area (Å²) in [4.78, 5) is 16.9. The molecule has 120 valence electrons. The van der Waals surface area contributed by atoms with E-state index in [4.69, 9.17) is 0 Å². The molecule has 2 fully saturated rings. The first kappa shape index (κ1) is 14.4. The molecule has 1 aliphatic carbocycles. The molecule has 1 atom stereocenters. The number of aromatic amines is 1. The molecular weight excluding hydrogens is 290 g/mol. The van der Waals surface area contributed by atoms with E-state index < -0.39 is 0 Å². The molecule has 2 heterocycles. The van der Waals surface area contributed by atoms with Gasteiger partial charge in [-0.25, -0.2) is 4.98 Å². The number of carbonyl (C=O) groups excluding carboxylic acids is 1. The molecule has 1 spiro atoms. The van der Waals surface area contributed by atoms with Gasteiger partial charge in [0.2, 0.25) is 5.91 Å². The van der Waals surface area contributed by atoms with Crippen molar-refractivity contribution in [3.05, 3.63) is 30.1 Å². The molecule has 1 saturated carbocycles. The summed E-state index contributed by atoms with van der Waals surface area (Å²) >= 11 is 0.